The van der Waals surface area contributed by atoms with Crippen LogP contribution in [0.25, 0.3) is 22.2 Å². The molecule has 4 rings (SSSR count). The van der Waals surface area contributed by atoms with E-state index in [1.54, 1.807) is 4.57 Å². The summed E-state index contributed by atoms with van der Waals surface area (Å²) in [5, 5.41) is 18.9. The summed E-state index contributed by atoms with van der Waals surface area (Å²) in [4.78, 5) is 27.1. The van der Waals surface area contributed by atoms with Crippen LogP contribution in [0.4, 0.5) is 0 Å². The van der Waals surface area contributed by atoms with E-state index >= 15 is 0 Å². The SMILES string of the molecule is CN(C)CCNCCn1c(=O)oc2ccc(-c3ccc(CC(C#N)NC(=O)C4CNCCCO4)cc3)cc21. The summed E-state index contributed by atoms with van der Waals surface area (Å²) in [6, 6.07) is 15.1. The standard InChI is InChI=1S/C28H36N6O4/c1-33(2)13-11-30-12-14-34-24-17-22(8-9-25(24)38-28(34)36)21-6-4-20(5-7-21)16-23(18-29)32-27(35)26-19-31-10-3-15-37-26/h4-9,17,23,26,30-31H,3,10-16,19H2,1-2H3,(H,32,35). The van der Waals surface area contributed by atoms with Crippen molar-refractivity contribution >= 4 is 17.0 Å². The molecule has 1 saturated heterocycles. The zero-order valence-corrected chi connectivity index (χ0v) is 22.0. The second-order valence-corrected chi connectivity index (χ2v) is 9.76. The number of nitrogens with zero attached hydrogens (tertiary/aromatic N) is 3. The number of nitriles is 1. The Kier molecular flexibility index (Phi) is 9.67. The molecule has 0 saturated carbocycles. The Morgan fingerprint density at radius 2 is 2.00 bits per heavy atom. The maximum Gasteiger partial charge on any atom is 0.419 e. The van der Waals surface area contributed by atoms with Crippen molar-refractivity contribution < 1.29 is 13.9 Å². The first-order valence-electron chi connectivity index (χ1n) is 13.0. The van der Waals surface area contributed by atoms with Crippen molar-refractivity contribution in [1.82, 2.24) is 25.4 Å². The van der Waals surface area contributed by atoms with Crippen molar-refractivity contribution in [3.8, 4) is 17.2 Å². The van der Waals surface area contributed by atoms with Gasteiger partial charge >= 0.3 is 5.76 Å². The van der Waals surface area contributed by atoms with Gasteiger partial charge in [0.2, 0.25) is 0 Å². The number of carbonyl (C=O) groups is 1. The summed E-state index contributed by atoms with van der Waals surface area (Å²) >= 11 is 0. The third-order valence-corrected chi connectivity index (χ3v) is 6.55. The largest absolute Gasteiger partial charge is 0.419 e. The predicted molar refractivity (Wildman–Crippen MR) is 146 cm³/mol. The number of rotatable bonds is 11. The van der Waals surface area contributed by atoms with E-state index in [2.05, 4.69) is 26.9 Å². The highest BCUT2D eigenvalue weighted by Crippen LogP contribution is 2.25. The van der Waals surface area contributed by atoms with Gasteiger partial charge in [-0.15, -0.1) is 0 Å². The van der Waals surface area contributed by atoms with Gasteiger partial charge in [0, 0.05) is 45.8 Å². The van der Waals surface area contributed by atoms with Crippen LogP contribution in [0.5, 0.6) is 0 Å². The van der Waals surface area contributed by atoms with Gasteiger partial charge in [-0.2, -0.15) is 5.26 Å². The summed E-state index contributed by atoms with van der Waals surface area (Å²) in [6.07, 6.45) is 0.668. The van der Waals surface area contributed by atoms with E-state index < -0.39 is 12.1 Å². The number of hydrogen-bond donors (Lipinski definition) is 3. The summed E-state index contributed by atoms with van der Waals surface area (Å²) in [5.74, 6) is -0.633. The molecule has 0 radical (unpaired) electrons. The van der Waals surface area contributed by atoms with E-state index in [1.165, 1.54) is 0 Å². The van der Waals surface area contributed by atoms with Crippen molar-refractivity contribution in [1.29, 1.82) is 5.26 Å². The lowest BCUT2D eigenvalue weighted by Gasteiger charge is -2.18. The molecule has 10 nitrogen and oxygen atoms in total. The summed E-state index contributed by atoms with van der Waals surface area (Å²) in [7, 11) is 4.05. The highest BCUT2D eigenvalue weighted by molar-refractivity contribution is 5.82. The summed E-state index contributed by atoms with van der Waals surface area (Å²) in [5.41, 5.74) is 4.20. The van der Waals surface area contributed by atoms with Gasteiger partial charge in [-0.1, -0.05) is 30.3 Å². The summed E-state index contributed by atoms with van der Waals surface area (Å²) < 4.78 is 12.7. The van der Waals surface area contributed by atoms with Crippen molar-refractivity contribution in [3.63, 3.8) is 0 Å². The Bertz CT molecular complexity index is 1300. The second kappa shape index (κ2) is 13.3. The summed E-state index contributed by atoms with van der Waals surface area (Å²) in [6.45, 7) is 4.74. The van der Waals surface area contributed by atoms with E-state index in [4.69, 9.17) is 9.15 Å². The Balaban J connectivity index is 1.40. The van der Waals surface area contributed by atoms with Crippen molar-refractivity contribution in [2.75, 3.05) is 53.4 Å². The second-order valence-electron chi connectivity index (χ2n) is 9.76. The van der Waals surface area contributed by atoms with Crippen molar-refractivity contribution in [2.24, 2.45) is 0 Å². The maximum atomic E-state index is 12.5. The lowest BCUT2D eigenvalue weighted by molar-refractivity contribution is -0.132. The van der Waals surface area contributed by atoms with Crippen LogP contribution in [-0.4, -0.2) is 80.9 Å². The number of hydrogen-bond acceptors (Lipinski definition) is 8. The molecule has 2 heterocycles. The average Bonchev–Trinajstić information content (AvgIpc) is 3.06. The molecule has 3 aromatic rings. The van der Waals surface area contributed by atoms with E-state index in [1.807, 2.05) is 56.6 Å². The molecule has 2 atom stereocenters. The van der Waals surface area contributed by atoms with Crippen LogP contribution in [0.15, 0.2) is 51.7 Å². The molecule has 1 amide bonds. The molecule has 10 heteroatoms. The number of aromatic nitrogens is 1. The fourth-order valence-corrected chi connectivity index (χ4v) is 4.42. The average molecular weight is 521 g/mol. The molecular weight excluding hydrogens is 484 g/mol. The van der Waals surface area contributed by atoms with Gasteiger partial charge in [0.05, 0.1) is 11.6 Å². The molecule has 0 bridgehead atoms. The normalized spacial score (nSPS) is 16.7. The number of oxazole rings is 1. The molecule has 0 aliphatic carbocycles. The van der Waals surface area contributed by atoms with Crippen LogP contribution in [0.1, 0.15) is 12.0 Å². The molecule has 2 unspecified atom stereocenters. The minimum absolute atomic E-state index is 0.269. The van der Waals surface area contributed by atoms with Crippen LogP contribution in [-0.2, 0) is 22.5 Å². The van der Waals surface area contributed by atoms with Crippen molar-refractivity contribution in [2.45, 2.75) is 31.5 Å². The predicted octanol–water partition coefficient (Wildman–Crippen LogP) is 1.34. The van der Waals surface area contributed by atoms with Crippen molar-refractivity contribution in [3.05, 3.63) is 58.6 Å². The van der Waals surface area contributed by atoms with Gasteiger partial charge in [-0.25, -0.2) is 4.79 Å². The first kappa shape index (κ1) is 27.5. The van der Waals surface area contributed by atoms with Crippen LogP contribution < -0.4 is 21.7 Å². The first-order valence-corrected chi connectivity index (χ1v) is 13.0. The molecule has 0 spiro atoms. The van der Waals surface area contributed by atoms with Gasteiger partial charge in [-0.05, 0) is 55.9 Å². The molecule has 1 aliphatic heterocycles. The van der Waals surface area contributed by atoms with E-state index in [-0.39, 0.29) is 11.7 Å². The molecule has 202 valence electrons. The minimum Gasteiger partial charge on any atom is -0.408 e. The number of likely N-dealkylation sites (N-methyl/N-ethyl adjacent to an activating group) is 1. The minimum atomic E-state index is -0.650. The third-order valence-electron chi connectivity index (χ3n) is 6.55. The van der Waals surface area contributed by atoms with Gasteiger partial charge < -0.3 is 30.0 Å². The molecule has 3 N–H and O–H groups in total. The van der Waals surface area contributed by atoms with E-state index in [0.29, 0.717) is 38.2 Å². The maximum absolute atomic E-state index is 12.5. The lowest BCUT2D eigenvalue weighted by atomic mass is 10.0. The highest BCUT2D eigenvalue weighted by Gasteiger charge is 2.23. The number of fused-ring (bicyclic) bond motifs is 1. The Morgan fingerprint density at radius 3 is 2.76 bits per heavy atom. The monoisotopic (exact) mass is 520 g/mol. The molecule has 1 aromatic heterocycles. The number of benzene rings is 2. The number of ether oxygens (including phenoxy) is 1. The molecule has 2 aromatic carbocycles. The van der Waals surface area contributed by atoms with Crippen LogP contribution in [0.3, 0.4) is 0 Å². The quantitative estimate of drug-likeness (QED) is 0.324. The van der Waals surface area contributed by atoms with E-state index in [0.717, 1.165) is 48.3 Å². The number of nitrogens with one attached hydrogen (secondary N) is 3. The van der Waals surface area contributed by atoms with Gasteiger partial charge in [0.1, 0.15) is 12.1 Å². The van der Waals surface area contributed by atoms with Gasteiger partial charge in [0.15, 0.2) is 5.58 Å². The van der Waals surface area contributed by atoms with Gasteiger partial charge in [0.25, 0.3) is 5.91 Å². The van der Waals surface area contributed by atoms with E-state index in [9.17, 15) is 14.9 Å². The molecule has 1 aliphatic rings. The Labute approximate surface area is 222 Å². The van der Waals surface area contributed by atoms with Gasteiger partial charge in [-0.3, -0.25) is 9.36 Å². The Hall–Kier alpha value is -3.49. The fourth-order valence-electron chi connectivity index (χ4n) is 4.42. The molecule has 1 fully saturated rings. The third kappa shape index (κ3) is 7.30. The lowest BCUT2D eigenvalue weighted by Crippen LogP contribution is -2.46. The van der Waals surface area contributed by atoms with Crippen LogP contribution in [0.2, 0.25) is 0 Å². The Morgan fingerprint density at radius 1 is 1.21 bits per heavy atom. The zero-order chi connectivity index (χ0) is 26.9. The number of amides is 1. The topological polar surface area (TPSA) is 125 Å². The zero-order valence-electron chi connectivity index (χ0n) is 22.0. The molecule has 38 heavy (non-hydrogen) atoms. The first-order chi connectivity index (χ1) is 18.4. The molecular formula is C28H36N6O4. The fraction of sp³-hybridized carbons (Fsp3) is 0.464. The highest BCUT2D eigenvalue weighted by atomic mass is 16.5. The van der Waals surface area contributed by atoms with Crippen LogP contribution in [0, 0.1) is 11.3 Å². The number of carbonyl (C=O) groups excluding carboxylic acids is 1. The smallest absolute Gasteiger partial charge is 0.408 e. The van der Waals surface area contributed by atoms with Crippen LogP contribution >= 0.6 is 0 Å².